The molecule has 2 saturated heterocycles. The van der Waals surface area contributed by atoms with Gasteiger partial charge in [0.15, 0.2) is 0 Å². The average Bonchev–Trinajstić information content (AvgIpc) is 3.06. The number of amides is 3. The Morgan fingerprint density at radius 3 is 2.90 bits per heavy atom. The van der Waals surface area contributed by atoms with E-state index >= 15 is 0 Å². The lowest BCUT2D eigenvalue weighted by Crippen LogP contribution is -2.54. The number of nitrogens with one attached hydrogen (secondary N) is 2. The van der Waals surface area contributed by atoms with Crippen molar-refractivity contribution in [1.29, 1.82) is 0 Å². The number of likely N-dealkylation sites (tertiary alicyclic amines) is 1. The molecule has 3 rings (SSSR count). The van der Waals surface area contributed by atoms with Gasteiger partial charge in [0, 0.05) is 13.1 Å². The van der Waals surface area contributed by atoms with Crippen LogP contribution in [0.25, 0.3) is 0 Å². The zero-order valence-electron chi connectivity index (χ0n) is 11.6. The Hall–Kier alpha value is -2.05. The van der Waals surface area contributed by atoms with Crippen LogP contribution in [0.15, 0.2) is 12.2 Å². The van der Waals surface area contributed by atoms with Crippen molar-refractivity contribution in [2.75, 3.05) is 13.1 Å². The molecule has 0 bridgehead atoms. The lowest BCUT2D eigenvalue weighted by molar-refractivity contribution is -0.140. The van der Waals surface area contributed by atoms with Crippen LogP contribution in [0.1, 0.15) is 19.3 Å². The maximum absolute atomic E-state index is 12.4. The maximum Gasteiger partial charge on any atom is 0.318 e. The lowest BCUT2D eigenvalue weighted by atomic mass is 9.92. The highest BCUT2D eigenvalue weighted by Crippen LogP contribution is 2.27. The zero-order chi connectivity index (χ0) is 15.0. The van der Waals surface area contributed by atoms with Crippen molar-refractivity contribution < 1.29 is 19.5 Å². The van der Waals surface area contributed by atoms with Crippen LogP contribution in [-0.4, -0.2) is 53.1 Å². The summed E-state index contributed by atoms with van der Waals surface area (Å²) in [5, 5.41) is 14.6. The number of rotatable bonds is 2. The number of carbonyl (C=O) groups is 3. The predicted octanol–water partition coefficient (Wildman–Crippen LogP) is -0.0643. The quantitative estimate of drug-likeness (QED) is 0.621. The highest BCUT2D eigenvalue weighted by Gasteiger charge is 2.43. The van der Waals surface area contributed by atoms with Crippen LogP contribution < -0.4 is 10.6 Å². The molecule has 0 aromatic rings. The minimum atomic E-state index is -0.869. The van der Waals surface area contributed by atoms with Gasteiger partial charge >= 0.3 is 12.0 Å². The van der Waals surface area contributed by atoms with Crippen LogP contribution >= 0.6 is 0 Å². The molecule has 0 radical (unpaired) electrons. The topological polar surface area (TPSA) is 98.7 Å². The molecule has 2 heterocycles. The van der Waals surface area contributed by atoms with Gasteiger partial charge in [-0.3, -0.25) is 9.59 Å². The fraction of sp³-hybridized carbons (Fsp3) is 0.643. The molecule has 0 aromatic heterocycles. The van der Waals surface area contributed by atoms with Gasteiger partial charge in [0.2, 0.25) is 5.91 Å². The Bertz CT molecular complexity index is 504. The van der Waals surface area contributed by atoms with Crippen LogP contribution in [0.4, 0.5) is 4.79 Å². The van der Waals surface area contributed by atoms with E-state index in [9.17, 15) is 14.4 Å². The summed E-state index contributed by atoms with van der Waals surface area (Å²) in [6.07, 6.45) is 5.38. The minimum absolute atomic E-state index is 0.0317. The van der Waals surface area contributed by atoms with Crippen molar-refractivity contribution in [3.8, 4) is 0 Å². The molecule has 3 N–H and O–H groups in total. The highest BCUT2D eigenvalue weighted by molar-refractivity contribution is 5.84. The van der Waals surface area contributed by atoms with Gasteiger partial charge in [0.1, 0.15) is 0 Å². The Morgan fingerprint density at radius 2 is 2.19 bits per heavy atom. The van der Waals surface area contributed by atoms with Gasteiger partial charge in [-0.2, -0.15) is 0 Å². The smallest absolute Gasteiger partial charge is 0.318 e. The molecule has 0 spiro atoms. The molecule has 114 valence electrons. The van der Waals surface area contributed by atoms with Crippen LogP contribution in [0, 0.1) is 11.8 Å². The number of aliphatic carboxylic acids is 1. The standard InChI is InChI=1S/C14H19N3O4/c18-12-10-2-1-5-17(11(10)7-15-12)14(21)16-9-4-3-8(6-9)13(19)20/h3-4,8-11H,1-2,5-7H2,(H,15,18)(H,16,21)(H,19,20). The molecular weight excluding hydrogens is 274 g/mol. The summed E-state index contributed by atoms with van der Waals surface area (Å²) in [6.45, 7) is 1.15. The van der Waals surface area contributed by atoms with E-state index in [-0.39, 0.29) is 29.9 Å². The second-order valence-corrected chi connectivity index (χ2v) is 5.88. The average molecular weight is 293 g/mol. The molecule has 4 atom stereocenters. The Kier molecular flexibility index (Phi) is 3.57. The van der Waals surface area contributed by atoms with E-state index in [0.29, 0.717) is 19.5 Å². The summed E-state index contributed by atoms with van der Waals surface area (Å²) in [6, 6.07) is -0.530. The van der Waals surface area contributed by atoms with Crippen molar-refractivity contribution in [3.05, 3.63) is 12.2 Å². The van der Waals surface area contributed by atoms with Crippen molar-refractivity contribution in [2.24, 2.45) is 11.8 Å². The predicted molar refractivity (Wildman–Crippen MR) is 73.4 cm³/mol. The van der Waals surface area contributed by atoms with Crippen molar-refractivity contribution in [1.82, 2.24) is 15.5 Å². The SMILES string of the molecule is O=C(O)C1C=CC(NC(=O)N2CCCC3C(=O)NCC32)C1. The maximum atomic E-state index is 12.4. The number of carboxylic acids is 1. The third-order valence-corrected chi connectivity index (χ3v) is 4.57. The van der Waals surface area contributed by atoms with Gasteiger partial charge in [-0.05, 0) is 19.3 Å². The number of fused-ring (bicyclic) bond motifs is 1. The van der Waals surface area contributed by atoms with Crippen LogP contribution in [0.2, 0.25) is 0 Å². The number of carboxylic acid groups (broad SMARTS) is 1. The molecule has 0 aromatic carbocycles. The van der Waals surface area contributed by atoms with Gasteiger partial charge in [-0.25, -0.2) is 4.79 Å². The molecule has 3 aliphatic rings. The van der Waals surface area contributed by atoms with Crippen LogP contribution in [0.5, 0.6) is 0 Å². The summed E-state index contributed by atoms with van der Waals surface area (Å²) >= 11 is 0. The third-order valence-electron chi connectivity index (χ3n) is 4.57. The van der Waals surface area contributed by atoms with Crippen LogP contribution in [0.3, 0.4) is 0 Å². The van der Waals surface area contributed by atoms with Crippen molar-refractivity contribution in [3.63, 3.8) is 0 Å². The van der Waals surface area contributed by atoms with Crippen LogP contribution in [-0.2, 0) is 9.59 Å². The van der Waals surface area contributed by atoms with E-state index in [1.54, 1.807) is 17.1 Å². The second-order valence-electron chi connectivity index (χ2n) is 5.88. The first kappa shape index (κ1) is 13.9. The lowest BCUT2D eigenvalue weighted by Gasteiger charge is -2.36. The van der Waals surface area contributed by atoms with E-state index in [1.165, 1.54) is 0 Å². The number of carbonyl (C=O) groups excluding carboxylic acids is 2. The molecule has 1 aliphatic carbocycles. The Morgan fingerprint density at radius 1 is 1.38 bits per heavy atom. The first-order chi connectivity index (χ1) is 10.1. The first-order valence-electron chi connectivity index (χ1n) is 7.32. The fourth-order valence-corrected chi connectivity index (χ4v) is 3.43. The molecule has 21 heavy (non-hydrogen) atoms. The first-order valence-corrected chi connectivity index (χ1v) is 7.32. The van der Waals surface area contributed by atoms with Gasteiger partial charge in [0.05, 0.1) is 23.9 Å². The van der Waals surface area contributed by atoms with Gasteiger partial charge in [0.25, 0.3) is 0 Å². The van der Waals surface area contributed by atoms with E-state index < -0.39 is 11.9 Å². The normalized spacial score (nSPS) is 34.5. The number of hydrogen-bond acceptors (Lipinski definition) is 3. The molecule has 0 saturated carbocycles. The summed E-state index contributed by atoms with van der Waals surface area (Å²) in [5.74, 6) is -1.47. The number of hydrogen-bond donors (Lipinski definition) is 3. The Labute approximate surface area is 122 Å². The minimum Gasteiger partial charge on any atom is -0.481 e. The summed E-state index contributed by atoms with van der Waals surface area (Å²) in [7, 11) is 0. The molecule has 2 fully saturated rings. The Balaban J connectivity index is 1.60. The molecule has 3 amide bonds. The summed E-state index contributed by atoms with van der Waals surface area (Å²) in [4.78, 5) is 36.7. The monoisotopic (exact) mass is 293 g/mol. The fourth-order valence-electron chi connectivity index (χ4n) is 3.43. The van der Waals surface area contributed by atoms with E-state index in [1.807, 2.05) is 0 Å². The molecule has 7 heteroatoms. The number of urea groups is 1. The van der Waals surface area contributed by atoms with E-state index in [0.717, 1.165) is 12.8 Å². The van der Waals surface area contributed by atoms with Gasteiger partial charge in [-0.15, -0.1) is 0 Å². The number of piperidine rings is 1. The van der Waals surface area contributed by atoms with Gasteiger partial charge < -0.3 is 20.6 Å². The van der Waals surface area contributed by atoms with Crippen molar-refractivity contribution >= 4 is 17.9 Å². The second kappa shape index (κ2) is 5.38. The zero-order valence-corrected chi connectivity index (χ0v) is 11.6. The molecule has 4 unspecified atom stereocenters. The van der Waals surface area contributed by atoms with E-state index in [2.05, 4.69) is 10.6 Å². The molecule has 2 aliphatic heterocycles. The number of nitrogens with zero attached hydrogens (tertiary/aromatic N) is 1. The summed E-state index contributed by atoms with van der Waals surface area (Å²) < 4.78 is 0. The highest BCUT2D eigenvalue weighted by atomic mass is 16.4. The molecular formula is C14H19N3O4. The largest absolute Gasteiger partial charge is 0.481 e. The summed E-state index contributed by atoms with van der Waals surface area (Å²) in [5.41, 5.74) is 0. The van der Waals surface area contributed by atoms with Gasteiger partial charge in [-0.1, -0.05) is 12.2 Å². The third kappa shape index (κ3) is 2.59. The van der Waals surface area contributed by atoms with Crippen molar-refractivity contribution in [2.45, 2.75) is 31.3 Å². The van der Waals surface area contributed by atoms with E-state index in [4.69, 9.17) is 5.11 Å². The molecule has 7 nitrogen and oxygen atoms in total.